The van der Waals surface area contributed by atoms with Gasteiger partial charge in [0.15, 0.2) is 28.3 Å². The van der Waals surface area contributed by atoms with E-state index in [0.29, 0.717) is 33.8 Å². The van der Waals surface area contributed by atoms with Crippen molar-refractivity contribution in [3.63, 3.8) is 0 Å². The van der Waals surface area contributed by atoms with Crippen molar-refractivity contribution in [1.82, 2.24) is 14.8 Å². The number of nitrogens with zero attached hydrogens (tertiary/aromatic N) is 3. The number of carbonyl (C=O) groups is 1. The molecule has 0 saturated heterocycles. The highest BCUT2D eigenvalue weighted by atomic mass is 32.2. The topological polar surface area (TPSA) is 86.5 Å². The second-order valence-corrected chi connectivity index (χ2v) is 13.3. The van der Waals surface area contributed by atoms with Crippen LogP contribution in [-0.2, 0) is 17.0 Å². The zero-order chi connectivity index (χ0) is 32.6. The number of Topliss-reactive ketones (excluding diaryl/α,β-unsaturated/α-hetero) is 1. The quantitative estimate of drug-likeness (QED) is 0.156. The van der Waals surface area contributed by atoms with Gasteiger partial charge >= 0.3 is 6.18 Å². The maximum Gasteiger partial charge on any atom is 0.416 e. The Morgan fingerprint density at radius 1 is 0.864 bits per heavy atom. The van der Waals surface area contributed by atoms with Gasteiger partial charge in [0.25, 0.3) is 0 Å². The van der Waals surface area contributed by atoms with Crippen LogP contribution >= 0.6 is 11.8 Å². The minimum Gasteiger partial charge on any atom is -0.507 e. The first-order valence-corrected chi connectivity index (χ1v) is 14.8. The summed E-state index contributed by atoms with van der Waals surface area (Å²) in [6, 6.07) is 13.3. The molecule has 0 aliphatic rings. The Morgan fingerprint density at radius 2 is 1.48 bits per heavy atom. The third-order valence-corrected chi connectivity index (χ3v) is 8.02. The Morgan fingerprint density at radius 3 is 2.02 bits per heavy atom. The van der Waals surface area contributed by atoms with Crippen LogP contribution in [0.15, 0.2) is 59.8 Å². The van der Waals surface area contributed by atoms with Crippen molar-refractivity contribution in [2.75, 3.05) is 20.0 Å². The average Bonchev–Trinajstić information content (AvgIpc) is 3.38. The summed E-state index contributed by atoms with van der Waals surface area (Å²) in [6.45, 7) is 11.8. The Hall–Kier alpha value is -3.99. The number of benzene rings is 3. The smallest absolute Gasteiger partial charge is 0.416 e. The van der Waals surface area contributed by atoms with Crippen LogP contribution in [0.3, 0.4) is 0 Å². The van der Waals surface area contributed by atoms with Gasteiger partial charge in [-0.15, -0.1) is 10.2 Å². The number of aromatic hydroxyl groups is 1. The van der Waals surface area contributed by atoms with Gasteiger partial charge in [-0.05, 0) is 59.4 Å². The molecule has 1 heterocycles. The average molecular weight is 628 g/mol. The number of halogens is 3. The molecule has 0 aliphatic heterocycles. The van der Waals surface area contributed by atoms with Gasteiger partial charge in [0.05, 0.1) is 31.2 Å². The first-order chi connectivity index (χ1) is 20.5. The molecule has 4 aromatic rings. The molecule has 1 N–H and O–H groups in total. The van der Waals surface area contributed by atoms with E-state index in [2.05, 4.69) is 10.2 Å². The van der Waals surface area contributed by atoms with Gasteiger partial charge < -0.3 is 14.6 Å². The minimum atomic E-state index is -4.56. The molecule has 0 saturated carbocycles. The molecule has 4 rings (SSSR count). The van der Waals surface area contributed by atoms with Crippen LogP contribution < -0.4 is 9.47 Å². The highest BCUT2D eigenvalue weighted by molar-refractivity contribution is 7.99. The predicted molar refractivity (Wildman–Crippen MR) is 165 cm³/mol. The molecule has 1 aromatic heterocycles. The zero-order valence-electron chi connectivity index (χ0n) is 26.0. The van der Waals surface area contributed by atoms with Crippen molar-refractivity contribution in [3.8, 4) is 34.3 Å². The normalized spacial score (nSPS) is 12.3. The lowest BCUT2D eigenvalue weighted by Crippen LogP contribution is -2.19. The molecular formula is C33H36F3N3O4S. The molecule has 3 aromatic carbocycles. The summed E-state index contributed by atoms with van der Waals surface area (Å²) in [7, 11) is 2.98. The second kappa shape index (κ2) is 12.2. The molecule has 0 fully saturated rings. The van der Waals surface area contributed by atoms with Gasteiger partial charge in [-0.25, -0.2) is 0 Å². The number of phenolic OH excluding ortho intramolecular Hbond substituents is 1. The van der Waals surface area contributed by atoms with E-state index in [1.54, 1.807) is 30.3 Å². The summed E-state index contributed by atoms with van der Waals surface area (Å²) in [5, 5.41) is 19.9. The summed E-state index contributed by atoms with van der Waals surface area (Å²) in [5.41, 5.74) is 0.755. The van der Waals surface area contributed by atoms with Crippen molar-refractivity contribution >= 4 is 17.5 Å². The summed E-state index contributed by atoms with van der Waals surface area (Å²) >= 11 is 1.06. The molecule has 11 heteroatoms. The maximum absolute atomic E-state index is 13.7. The predicted octanol–water partition coefficient (Wildman–Crippen LogP) is 8.25. The molecule has 0 bridgehead atoms. The molecule has 0 unspecified atom stereocenters. The fourth-order valence-corrected chi connectivity index (χ4v) is 5.58. The van der Waals surface area contributed by atoms with Crippen molar-refractivity contribution in [2.24, 2.45) is 0 Å². The molecule has 234 valence electrons. The van der Waals surface area contributed by atoms with Crippen molar-refractivity contribution in [2.45, 2.75) is 63.7 Å². The van der Waals surface area contributed by atoms with Crippen molar-refractivity contribution in [3.05, 3.63) is 76.9 Å². The van der Waals surface area contributed by atoms with Crippen LogP contribution in [0.2, 0.25) is 0 Å². The summed E-state index contributed by atoms with van der Waals surface area (Å²) in [6.07, 6.45) is -4.56. The number of rotatable bonds is 8. The van der Waals surface area contributed by atoms with E-state index in [0.717, 1.165) is 23.9 Å². The maximum atomic E-state index is 13.7. The molecule has 0 amide bonds. The number of alkyl halides is 3. The van der Waals surface area contributed by atoms with Crippen LogP contribution in [0.5, 0.6) is 17.2 Å². The monoisotopic (exact) mass is 627 g/mol. The molecule has 0 atom stereocenters. The number of methoxy groups -OCH3 is 2. The fraction of sp³-hybridized carbons (Fsp3) is 0.364. The van der Waals surface area contributed by atoms with Gasteiger partial charge in [0.2, 0.25) is 0 Å². The van der Waals surface area contributed by atoms with Gasteiger partial charge in [-0.3, -0.25) is 9.36 Å². The van der Waals surface area contributed by atoms with Gasteiger partial charge in [0, 0.05) is 22.3 Å². The number of ketones is 1. The van der Waals surface area contributed by atoms with Crippen LogP contribution in [0.1, 0.15) is 68.6 Å². The minimum absolute atomic E-state index is 0.0685. The number of hydrogen-bond donors (Lipinski definition) is 1. The molecule has 0 aliphatic carbocycles. The van der Waals surface area contributed by atoms with Crippen LogP contribution in [0, 0.1) is 0 Å². The van der Waals surface area contributed by atoms with E-state index in [4.69, 9.17) is 9.47 Å². The molecule has 0 radical (unpaired) electrons. The summed E-state index contributed by atoms with van der Waals surface area (Å²) in [4.78, 5) is 13.6. The number of phenols is 1. The van der Waals surface area contributed by atoms with Gasteiger partial charge in [-0.2, -0.15) is 13.2 Å². The van der Waals surface area contributed by atoms with E-state index in [-0.39, 0.29) is 34.0 Å². The van der Waals surface area contributed by atoms with E-state index in [1.807, 2.05) is 41.5 Å². The SMILES string of the molecule is COc1ccc(-c2nnc(SCC(=O)c3cc(C(C)(C)C)c(O)c(C(C)(C)C)c3)n2-c2cccc(C(F)(F)F)c2)cc1OC. The van der Waals surface area contributed by atoms with Crippen molar-refractivity contribution in [1.29, 1.82) is 0 Å². The van der Waals surface area contributed by atoms with E-state index < -0.39 is 22.6 Å². The van der Waals surface area contributed by atoms with Gasteiger partial charge in [-0.1, -0.05) is 59.4 Å². The molecule has 0 spiro atoms. The number of ether oxygens (including phenoxy) is 2. The lowest BCUT2D eigenvalue weighted by atomic mass is 9.78. The Balaban J connectivity index is 1.79. The first kappa shape index (κ1) is 32.9. The first-order valence-electron chi connectivity index (χ1n) is 13.8. The molecule has 7 nitrogen and oxygen atoms in total. The van der Waals surface area contributed by atoms with E-state index >= 15 is 0 Å². The Kier molecular flexibility index (Phi) is 9.11. The highest BCUT2D eigenvalue weighted by Gasteiger charge is 2.32. The lowest BCUT2D eigenvalue weighted by molar-refractivity contribution is -0.137. The number of aromatic nitrogens is 3. The number of carbonyl (C=O) groups excluding carboxylic acids is 1. The summed E-state index contributed by atoms with van der Waals surface area (Å²) < 4.78 is 53.3. The zero-order valence-corrected chi connectivity index (χ0v) is 26.8. The second-order valence-electron chi connectivity index (χ2n) is 12.4. The van der Waals surface area contributed by atoms with Gasteiger partial charge in [0.1, 0.15) is 5.75 Å². The van der Waals surface area contributed by atoms with Crippen LogP contribution in [0.4, 0.5) is 13.2 Å². The third kappa shape index (κ3) is 6.88. The largest absolute Gasteiger partial charge is 0.507 e. The van der Waals surface area contributed by atoms with E-state index in [9.17, 15) is 23.1 Å². The number of hydrogen-bond acceptors (Lipinski definition) is 7. The van der Waals surface area contributed by atoms with Crippen molar-refractivity contribution < 1.29 is 32.5 Å². The lowest BCUT2D eigenvalue weighted by Gasteiger charge is -2.28. The van der Waals surface area contributed by atoms with Crippen LogP contribution in [-0.4, -0.2) is 45.6 Å². The molecular weight excluding hydrogens is 591 g/mol. The standard InChI is InChI=1S/C33H36F3N3O4S/c1-31(2,3)23-14-20(15-24(28(23)41)32(4,5)6)25(40)18-44-30-38-37-29(19-12-13-26(42-7)27(16-19)43-8)39(30)22-11-9-10-21(17-22)33(34,35)36/h9-17,41H,18H2,1-8H3. The fourth-order valence-electron chi connectivity index (χ4n) is 4.73. The highest BCUT2D eigenvalue weighted by Crippen LogP contribution is 2.41. The van der Waals surface area contributed by atoms with Crippen LogP contribution in [0.25, 0.3) is 17.1 Å². The number of thioether (sulfide) groups is 1. The Bertz CT molecular complexity index is 1650. The summed E-state index contributed by atoms with van der Waals surface area (Å²) in [5.74, 6) is 1.01. The Labute approximate surface area is 259 Å². The third-order valence-electron chi connectivity index (χ3n) is 7.09. The van der Waals surface area contributed by atoms with E-state index in [1.165, 1.54) is 30.9 Å². The molecule has 44 heavy (non-hydrogen) atoms.